The molecule has 1 N–H and O–H groups in total. The van der Waals surface area contributed by atoms with E-state index in [0.717, 1.165) is 30.4 Å². The first-order chi connectivity index (χ1) is 14.1. The Morgan fingerprint density at radius 3 is 2.72 bits per heavy atom. The van der Waals surface area contributed by atoms with E-state index in [1.807, 2.05) is 30.3 Å². The fraction of sp³-hybridized carbons (Fsp3) is 0.227. The minimum Gasteiger partial charge on any atom is -0.486 e. The number of hydrogen-bond donors (Lipinski definition) is 1. The average Bonchev–Trinajstić information content (AvgIpc) is 3.40. The maximum Gasteiger partial charge on any atom is 0.291 e. The van der Waals surface area contributed by atoms with Crippen molar-refractivity contribution in [2.45, 2.75) is 19.4 Å². The topological polar surface area (TPSA) is 54.7 Å². The van der Waals surface area contributed by atoms with Gasteiger partial charge < -0.3 is 19.4 Å². The number of furan rings is 1. The highest BCUT2D eigenvalue weighted by Crippen LogP contribution is 2.31. The van der Waals surface area contributed by atoms with Crippen LogP contribution in [0.25, 0.3) is 0 Å². The number of nitrogens with zero attached hydrogens (tertiary/aromatic N) is 1. The molecule has 0 saturated carbocycles. The molecule has 150 valence electrons. The van der Waals surface area contributed by atoms with Gasteiger partial charge in [-0.25, -0.2) is 4.39 Å². The lowest BCUT2D eigenvalue weighted by molar-refractivity contribution is 0.0992. The maximum absolute atomic E-state index is 14.4. The highest BCUT2D eigenvalue weighted by Gasteiger charge is 2.21. The van der Waals surface area contributed by atoms with Crippen LogP contribution in [0.3, 0.4) is 0 Å². The molecular weight excluding hydrogens is 439 g/mol. The summed E-state index contributed by atoms with van der Waals surface area (Å²) in [5, 5.41) is 2.67. The van der Waals surface area contributed by atoms with Gasteiger partial charge in [0.05, 0.1) is 5.69 Å². The SMILES string of the molecule is O=C(Nc1c(F)cccc1N1CCCC1)c1ccc(COc2cccc(Br)c2)o1. The largest absolute Gasteiger partial charge is 0.486 e. The third kappa shape index (κ3) is 4.62. The Balaban J connectivity index is 1.45. The van der Waals surface area contributed by atoms with E-state index >= 15 is 0 Å². The van der Waals surface area contributed by atoms with E-state index in [4.69, 9.17) is 9.15 Å². The number of ether oxygens (including phenoxy) is 1. The zero-order valence-electron chi connectivity index (χ0n) is 15.7. The number of para-hydroxylation sites is 1. The van der Waals surface area contributed by atoms with Crippen molar-refractivity contribution >= 4 is 33.2 Å². The molecule has 0 bridgehead atoms. The number of carbonyl (C=O) groups excluding carboxylic acids is 1. The van der Waals surface area contributed by atoms with Gasteiger partial charge in [0.25, 0.3) is 5.91 Å². The summed E-state index contributed by atoms with van der Waals surface area (Å²) in [7, 11) is 0. The predicted molar refractivity (Wildman–Crippen MR) is 113 cm³/mol. The number of rotatable bonds is 6. The normalized spacial score (nSPS) is 13.5. The molecule has 1 aliphatic heterocycles. The van der Waals surface area contributed by atoms with Gasteiger partial charge in [0, 0.05) is 17.6 Å². The number of anilines is 2. The summed E-state index contributed by atoms with van der Waals surface area (Å²) in [6.07, 6.45) is 2.12. The molecule has 2 heterocycles. The Kier molecular flexibility index (Phi) is 5.85. The van der Waals surface area contributed by atoms with Crippen LogP contribution in [0.5, 0.6) is 5.75 Å². The lowest BCUT2D eigenvalue weighted by Crippen LogP contribution is -2.21. The fourth-order valence-electron chi connectivity index (χ4n) is 3.32. The lowest BCUT2D eigenvalue weighted by Gasteiger charge is -2.21. The van der Waals surface area contributed by atoms with Crippen LogP contribution in [-0.4, -0.2) is 19.0 Å². The molecule has 1 aromatic heterocycles. The molecule has 29 heavy (non-hydrogen) atoms. The van der Waals surface area contributed by atoms with Gasteiger partial charge in [0.15, 0.2) is 5.76 Å². The van der Waals surface area contributed by atoms with Gasteiger partial charge in [0.2, 0.25) is 0 Å². The van der Waals surface area contributed by atoms with E-state index in [2.05, 4.69) is 26.1 Å². The van der Waals surface area contributed by atoms with Gasteiger partial charge in [-0.15, -0.1) is 0 Å². The van der Waals surface area contributed by atoms with Crippen LogP contribution in [0.2, 0.25) is 0 Å². The van der Waals surface area contributed by atoms with Crippen molar-refractivity contribution in [3.05, 3.63) is 76.4 Å². The van der Waals surface area contributed by atoms with Gasteiger partial charge in [-0.2, -0.15) is 0 Å². The van der Waals surface area contributed by atoms with Crippen LogP contribution >= 0.6 is 15.9 Å². The van der Waals surface area contributed by atoms with Crippen molar-refractivity contribution in [2.75, 3.05) is 23.3 Å². The van der Waals surface area contributed by atoms with E-state index in [1.165, 1.54) is 6.07 Å². The molecule has 0 unspecified atom stereocenters. The van der Waals surface area contributed by atoms with Crippen molar-refractivity contribution in [1.82, 2.24) is 0 Å². The van der Waals surface area contributed by atoms with Crippen LogP contribution in [-0.2, 0) is 6.61 Å². The molecule has 3 aromatic rings. The summed E-state index contributed by atoms with van der Waals surface area (Å²) in [5.41, 5.74) is 0.878. The maximum atomic E-state index is 14.4. The third-order valence-corrected chi connectivity index (χ3v) is 5.23. The number of nitrogens with one attached hydrogen (secondary N) is 1. The van der Waals surface area contributed by atoms with Gasteiger partial charge in [-0.05, 0) is 55.3 Å². The molecule has 0 radical (unpaired) electrons. The highest BCUT2D eigenvalue weighted by molar-refractivity contribution is 9.10. The Labute approximate surface area is 176 Å². The average molecular weight is 459 g/mol. The van der Waals surface area contributed by atoms with Crippen LogP contribution < -0.4 is 15.0 Å². The monoisotopic (exact) mass is 458 g/mol. The second-order valence-electron chi connectivity index (χ2n) is 6.79. The smallest absolute Gasteiger partial charge is 0.291 e. The van der Waals surface area contributed by atoms with Crippen molar-refractivity contribution in [3.8, 4) is 5.75 Å². The Hall–Kier alpha value is -2.80. The van der Waals surface area contributed by atoms with Crippen molar-refractivity contribution in [3.63, 3.8) is 0 Å². The highest BCUT2D eigenvalue weighted by atomic mass is 79.9. The summed E-state index contributed by atoms with van der Waals surface area (Å²) >= 11 is 3.39. The molecule has 1 saturated heterocycles. The summed E-state index contributed by atoms with van der Waals surface area (Å²) in [5.74, 6) is 0.331. The molecule has 0 spiro atoms. The van der Waals surface area contributed by atoms with Gasteiger partial charge in [-0.3, -0.25) is 4.79 Å². The molecule has 2 aromatic carbocycles. The Morgan fingerprint density at radius 1 is 1.14 bits per heavy atom. The standard InChI is InChI=1S/C22H20BrFN2O3/c23-15-5-3-6-16(13-15)28-14-17-9-10-20(29-17)22(27)25-21-18(24)7-4-8-19(21)26-11-1-2-12-26/h3-10,13H,1-2,11-12,14H2,(H,25,27). The van der Waals surface area contributed by atoms with Crippen LogP contribution in [0.15, 0.2) is 63.5 Å². The summed E-state index contributed by atoms with van der Waals surface area (Å²) in [6, 6.07) is 15.5. The van der Waals surface area contributed by atoms with Gasteiger partial charge >= 0.3 is 0 Å². The Morgan fingerprint density at radius 2 is 1.93 bits per heavy atom. The molecule has 1 amide bonds. The third-order valence-electron chi connectivity index (χ3n) is 4.74. The fourth-order valence-corrected chi connectivity index (χ4v) is 3.70. The van der Waals surface area contributed by atoms with E-state index in [1.54, 1.807) is 18.2 Å². The molecule has 4 rings (SSSR count). The first-order valence-electron chi connectivity index (χ1n) is 9.42. The van der Waals surface area contributed by atoms with E-state index in [0.29, 0.717) is 17.2 Å². The van der Waals surface area contributed by atoms with Gasteiger partial charge in [0.1, 0.15) is 29.6 Å². The molecular formula is C22H20BrFN2O3. The molecule has 1 fully saturated rings. The number of benzene rings is 2. The first-order valence-corrected chi connectivity index (χ1v) is 10.2. The second-order valence-corrected chi connectivity index (χ2v) is 7.71. The van der Waals surface area contributed by atoms with E-state index in [9.17, 15) is 9.18 Å². The number of hydrogen-bond acceptors (Lipinski definition) is 4. The molecule has 0 atom stereocenters. The zero-order valence-corrected chi connectivity index (χ0v) is 17.2. The first kappa shape index (κ1) is 19.5. The second kappa shape index (κ2) is 8.69. The quantitative estimate of drug-likeness (QED) is 0.521. The van der Waals surface area contributed by atoms with Crippen LogP contribution in [0.4, 0.5) is 15.8 Å². The van der Waals surface area contributed by atoms with Crippen molar-refractivity contribution in [2.24, 2.45) is 0 Å². The minimum absolute atomic E-state index is 0.105. The van der Waals surface area contributed by atoms with E-state index < -0.39 is 11.7 Å². The molecule has 7 heteroatoms. The number of halogens is 2. The zero-order chi connectivity index (χ0) is 20.2. The van der Waals surface area contributed by atoms with E-state index in [-0.39, 0.29) is 18.1 Å². The van der Waals surface area contributed by atoms with Crippen molar-refractivity contribution < 1.29 is 18.3 Å². The molecule has 5 nitrogen and oxygen atoms in total. The predicted octanol–water partition coefficient (Wildman–Crippen LogP) is 5.61. The van der Waals surface area contributed by atoms with Gasteiger partial charge in [-0.1, -0.05) is 28.1 Å². The Bertz CT molecular complexity index is 1010. The number of amides is 1. The summed E-state index contributed by atoms with van der Waals surface area (Å²) < 4.78 is 26.6. The van der Waals surface area contributed by atoms with Crippen LogP contribution in [0.1, 0.15) is 29.2 Å². The minimum atomic E-state index is -0.496. The summed E-state index contributed by atoms with van der Waals surface area (Å²) in [6.45, 7) is 1.89. The lowest BCUT2D eigenvalue weighted by atomic mass is 10.2. The molecule has 1 aliphatic rings. The van der Waals surface area contributed by atoms with Crippen molar-refractivity contribution in [1.29, 1.82) is 0 Å². The summed E-state index contributed by atoms with van der Waals surface area (Å²) in [4.78, 5) is 14.7. The number of carbonyl (C=O) groups is 1. The van der Waals surface area contributed by atoms with Crippen LogP contribution in [0, 0.1) is 5.82 Å². The molecule has 0 aliphatic carbocycles.